The number of nitrogens with one attached hydrogen (secondary N) is 1. The predicted octanol–water partition coefficient (Wildman–Crippen LogP) is 3.15. The van der Waals surface area contributed by atoms with Crippen molar-refractivity contribution in [3.05, 3.63) is 35.4 Å². The largest absolute Gasteiger partial charge is 0.352 e. The molecule has 1 aliphatic carbocycles. The molecule has 1 N–H and O–H groups in total. The number of carbonyl (C=O) groups excluding carboxylic acids is 3. The maximum atomic E-state index is 12.9. The highest BCUT2D eigenvalue weighted by Gasteiger charge is 2.44. The molecule has 0 spiro atoms. The van der Waals surface area contributed by atoms with Crippen LogP contribution in [-0.4, -0.2) is 34.7 Å². The number of nitrogens with zero attached hydrogens (tertiary/aromatic N) is 1. The predicted molar refractivity (Wildman–Crippen MR) is 95.2 cm³/mol. The van der Waals surface area contributed by atoms with Crippen molar-refractivity contribution in [1.82, 2.24) is 10.2 Å². The zero-order chi connectivity index (χ0) is 18.0. The van der Waals surface area contributed by atoms with Crippen molar-refractivity contribution in [2.45, 2.75) is 64.5 Å². The highest BCUT2D eigenvalue weighted by atomic mass is 16.2. The fourth-order valence-corrected chi connectivity index (χ4v) is 3.89. The Morgan fingerprint density at radius 2 is 1.52 bits per heavy atom. The summed E-state index contributed by atoms with van der Waals surface area (Å²) in [5, 5.41) is 3.10. The summed E-state index contributed by atoms with van der Waals surface area (Å²) in [7, 11) is 0. The van der Waals surface area contributed by atoms with E-state index in [0.717, 1.165) is 30.6 Å². The number of carbonyl (C=O) groups is 3. The van der Waals surface area contributed by atoms with Gasteiger partial charge >= 0.3 is 0 Å². The number of imide groups is 1. The maximum absolute atomic E-state index is 12.9. The average molecular weight is 342 g/mol. The third kappa shape index (κ3) is 3.46. The lowest BCUT2D eigenvalue weighted by molar-refractivity contribution is -0.127. The van der Waals surface area contributed by atoms with Crippen LogP contribution in [-0.2, 0) is 4.79 Å². The Morgan fingerprint density at radius 3 is 2.00 bits per heavy atom. The summed E-state index contributed by atoms with van der Waals surface area (Å²) in [6, 6.07) is 6.15. The minimum absolute atomic E-state index is 0.145. The van der Waals surface area contributed by atoms with E-state index < -0.39 is 6.04 Å². The molecule has 0 bridgehead atoms. The first-order valence-electron chi connectivity index (χ1n) is 9.28. The van der Waals surface area contributed by atoms with Crippen LogP contribution < -0.4 is 5.32 Å². The molecule has 1 fully saturated rings. The molecule has 134 valence electrons. The van der Waals surface area contributed by atoms with Crippen LogP contribution in [0.25, 0.3) is 0 Å². The summed E-state index contributed by atoms with van der Waals surface area (Å²) in [5.41, 5.74) is 0.779. The number of benzene rings is 1. The van der Waals surface area contributed by atoms with Gasteiger partial charge in [-0.15, -0.1) is 0 Å². The molecule has 3 amide bonds. The molecule has 0 aromatic heterocycles. The van der Waals surface area contributed by atoms with E-state index in [-0.39, 0.29) is 29.7 Å². The minimum Gasteiger partial charge on any atom is -0.352 e. The van der Waals surface area contributed by atoms with Crippen molar-refractivity contribution in [1.29, 1.82) is 0 Å². The Morgan fingerprint density at radius 1 is 1.00 bits per heavy atom. The normalized spacial score (nSPS) is 19.7. The smallest absolute Gasteiger partial charge is 0.262 e. The second-order valence-corrected chi connectivity index (χ2v) is 7.41. The summed E-state index contributed by atoms with van der Waals surface area (Å²) in [4.78, 5) is 39.6. The lowest BCUT2D eigenvalue weighted by Gasteiger charge is -2.30. The Labute approximate surface area is 148 Å². The van der Waals surface area contributed by atoms with Gasteiger partial charge in [0, 0.05) is 6.04 Å². The Bertz CT molecular complexity index is 640. The Balaban J connectivity index is 1.80. The molecule has 0 saturated heterocycles. The monoisotopic (exact) mass is 342 g/mol. The van der Waals surface area contributed by atoms with Gasteiger partial charge < -0.3 is 5.32 Å². The van der Waals surface area contributed by atoms with Crippen LogP contribution in [0.1, 0.15) is 73.1 Å². The highest BCUT2D eigenvalue weighted by molar-refractivity contribution is 6.22. The summed E-state index contributed by atoms with van der Waals surface area (Å²) in [5.74, 6) is -1.09. The summed E-state index contributed by atoms with van der Waals surface area (Å²) in [6.45, 7) is 3.75. The number of fused-ring (bicyclic) bond motifs is 1. The van der Waals surface area contributed by atoms with Crippen LogP contribution >= 0.6 is 0 Å². The molecule has 1 saturated carbocycles. The number of hydrogen-bond acceptors (Lipinski definition) is 3. The van der Waals surface area contributed by atoms with E-state index >= 15 is 0 Å². The molecule has 1 aromatic rings. The molecular weight excluding hydrogens is 316 g/mol. The number of amides is 3. The molecule has 25 heavy (non-hydrogen) atoms. The Kier molecular flexibility index (Phi) is 5.21. The second-order valence-electron chi connectivity index (χ2n) is 7.41. The van der Waals surface area contributed by atoms with E-state index in [1.165, 1.54) is 12.8 Å². The molecule has 1 atom stereocenters. The van der Waals surface area contributed by atoms with Crippen molar-refractivity contribution in [3.63, 3.8) is 0 Å². The van der Waals surface area contributed by atoms with E-state index in [4.69, 9.17) is 0 Å². The van der Waals surface area contributed by atoms with Crippen LogP contribution in [0.3, 0.4) is 0 Å². The van der Waals surface area contributed by atoms with Gasteiger partial charge in [0.15, 0.2) is 0 Å². The lowest BCUT2D eigenvalue weighted by atomic mass is 10.00. The van der Waals surface area contributed by atoms with Crippen molar-refractivity contribution < 1.29 is 14.4 Å². The minimum atomic E-state index is -0.768. The summed E-state index contributed by atoms with van der Waals surface area (Å²) in [6.07, 6.45) is 6.59. The highest BCUT2D eigenvalue weighted by Crippen LogP contribution is 2.27. The van der Waals surface area contributed by atoms with Gasteiger partial charge in [-0.2, -0.15) is 0 Å². The fraction of sp³-hybridized carbons (Fsp3) is 0.550. The van der Waals surface area contributed by atoms with Gasteiger partial charge in [0.1, 0.15) is 6.04 Å². The molecule has 1 heterocycles. The van der Waals surface area contributed by atoms with E-state index in [1.54, 1.807) is 24.3 Å². The zero-order valence-electron chi connectivity index (χ0n) is 15.0. The quantitative estimate of drug-likeness (QED) is 0.675. The van der Waals surface area contributed by atoms with E-state index in [2.05, 4.69) is 5.32 Å². The standard InChI is InChI=1S/C20H26N2O3/c1-13(2)17(18(23)21-14-9-5-3-4-6-10-14)22-19(24)15-11-7-8-12-16(15)20(22)25/h7-8,11-14,17H,3-6,9-10H2,1-2H3,(H,21,23). The number of rotatable bonds is 4. The first kappa shape index (κ1) is 17.6. The van der Waals surface area contributed by atoms with E-state index in [1.807, 2.05) is 13.8 Å². The fourth-order valence-electron chi connectivity index (χ4n) is 3.89. The molecule has 0 radical (unpaired) electrons. The van der Waals surface area contributed by atoms with Gasteiger partial charge in [-0.3, -0.25) is 19.3 Å². The van der Waals surface area contributed by atoms with Crippen molar-refractivity contribution >= 4 is 17.7 Å². The topological polar surface area (TPSA) is 66.5 Å². The number of hydrogen-bond donors (Lipinski definition) is 1. The van der Waals surface area contributed by atoms with Crippen molar-refractivity contribution in [3.8, 4) is 0 Å². The zero-order valence-corrected chi connectivity index (χ0v) is 15.0. The molecule has 1 aromatic carbocycles. The van der Waals surface area contributed by atoms with Gasteiger partial charge in [-0.05, 0) is 30.9 Å². The summed E-state index contributed by atoms with van der Waals surface area (Å²) >= 11 is 0. The summed E-state index contributed by atoms with van der Waals surface area (Å²) < 4.78 is 0. The van der Waals surface area contributed by atoms with Gasteiger partial charge in [0.25, 0.3) is 11.8 Å². The van der Waals surface area contributed by atoms with Crippen LogP contribution in [0.2, 0.25) is 0 Å². The van der Waals surface area contributed by atoms with Gasteiger partial charge in [-0.1, -0.05) is 51.7 Å². The molecule has 1 aliphatic heterocycles. The van der Waals surface area contributed by atoms with Crippen LogP contribution in [0.5, 0.6) is 0 Å². The maximum Gasteiger partial charge on any atom is 0.262 e. The van der Waals surface area contributed by atoms with Gasteiger partial charge in [-0.25, -0.2) is 0 Å². The SMILES string of the molecule is CC(C)C(C(=O)NC1CCCCCC1)N1C(=O)c2ccccc2C1=O. The van der Waals surface area contributed by atoms with E-state index in [9.17, 15) is 14.4 Å². The molecule has 2 aliphatic rings. The third-order valence-electron chi connectivity index (χ3n) is 5.21. The van der Waals surface area contributed by atoms with Crippen LogP contribution in [0, 0.1) is 5.92 Å². The Hall–Kier alpha value is -2.17. The molecule has 5 heteroatoms. The first-order valence-corrected chi connectivity index (χ1v) is 9.28. The average Bonchev–Trinajstić information content (AvgIpc) is 2.77. The van der Waals surface area contributed by atoms with Gasteiger partial charge in [0.2, 0.25) is 5.91 Å². The first-order chi connectivity index (χ1) is 12.0. The van der Waals surface area contributed by atoms with Crippen LogP contribution in [0.15, 0.2) is 24.3 Å². The van der Waals surface area contributed by atoms with E-state index in [0.29, 0.717) is 11.1 Å². The van der Waals surface area contributed by atoms with Crippen molar-refractivity contribution in [2.24, 2.45) is 5.92 Å². The molecular formula is C20H26N2O3. The molecule has 1 unspecified atom stereocenters. The van der Waals surface area contributed by atoms with Crippen LogP contribution in [0.4, 0.5) is 0 Å². The molecule has 3 rings (SSSR count). The molecule has 5 nitrogen and oxygen atoms in total. The lowest BCUT2D eigenvalue weighted by Crippen LogP contribution is -2.54. The van der Waals surface area contributed by atoms with Gasteiger partial charge in [0.05, 0.1) is 11.1 Å². The van der Waals surface area contributed by atoms with Crippen molar-refractivity contribution in [2.75, 3.05) is 0 Å². The second kappa shape index (κ2) is 7.38. The third-order valence-corrected chi connectivity index (χ3v) is 5.21.